The molecule has 0 aliphatic carbocycles. The number of nitrogens with zero attached hydrogens (tertiary/aromatic N) is 5. The van der Waals surface area contributed by atoms with Crippen LogP contribution in [-0.4, -0.2) is 24.0 Å². The molecule has 1 aromatic heterocycles. The minimum Gasteiger partial charge on any atom is -0.297 e. The Labute approximate surface area is 109 Å². The molecule has 0 saturated carbocycles. The summed E-state index contributed by atoms with van der Waals surface area (Å²) in [5, 5.41) is 4.09. The Kier molecular flexibility index (Phi) is 3.69. The molecule has 0 radical (unpaired) electrons. The van der Waals surface area contributed by atoms with Gasteiger partial charge in [-0.1, -0.05) is 16.7 Å². The molecular weight excluding hydrogens is 254 g/mol. The van der Waals surface area contributed by atoms with Crippen LogP contribution in [0.2, 0.25) is 5.02 Å². The van der Waals surface area contributed by atoms with Gasteiger partial charge in [0.15, 0.2) is 0 Å². The van der Waals surface area contributed by atoms with Crippen LogP contribution < -0.4 is 4.90 Å². The topological polar surface area (TPSA) is 82.0 Å². The van der Waals surface area contributed by atoms with Gasteiger partial charge in [-0.3, -0.25) is 9.69 Å². The largest absolute Gasteiger partial charge is 0.297 e. The molecule has 1 amide bonds. The van der Waals surface area contributed by atoms with Gasteiger partial charge in [0.2, 0.25) is 5.91 Å². The van der Waals surface area contributed by atoms with Crippen molar-refractivity contribution < 1.29 is 4.79 Å². The molecule has 1 fully saturated rings. The Bertz CT molecular complexity index is 526. The normalized spacial score (nSPS) is 18.9. The summed E-state index contributed by atoms with van der Waals surface area (Å²) in [7, 11) is 0. The van der Waals surface area contributed by atoms with E-state index in [4.69, 9.17) is 17.1 Å². The molecule has 0 spiro atoms. The quantitative estimate of drug-likeness (QED) is 0.478. The first-order valence-electron chi connectivity index (χ1n) is 5.55. The van der Waals surface area contributed by atoms with Crippen LogP contribution >= 0.6 is 11.6 Å². The third-order valence-corrected chi connectivity index (χ3v) is 3.31. The number of carbonyl (C=O) groups excluding carboxylic acids is 1. The molecule has 7 heteroatoms. The van der Waals surface area contributed by atoms with Crippen molar-refractivity contribution in [3.05, 3.63) is 33.3 Å². The predicted molar refractivity (Wildman–Crippen MR) is 68.5 cm³/mol. The second-order valence-electron chi connectivity index (χ2n) is 4.28. The number of pyridine rings is 1. The second kappa shape index (κ2) is 5.25. The number of carbonyl (C=O) groups is 1. The zero-order chi connectivity index (χ0) is 13.1. The van der Waals surface area contributed by atoms with Crippen molar-refractivity contribution >= 4 is 23.3 Å². The number of aromatic nitrogens is 1. The molecule has 1 saturated heterocycles. The molecule has 1 atom stereocenters. The van der Waals surface area contributed by atoms with Crippen LogP contribution in [0.5, 0.6) is 0 Å². The van der Waals surface area contributed by atoms with Crippen molar-refractivity contribution in [2.75, 3.05) is 18.0 Å². The maximum absolute atomic E-state index is 11.9. The van der Waals surface area contributed by atoms with Crippen molar-refractivity contribution in [1.82, 2.24) is 4.98 Å². The molecule has 0 bridgehead atoms. The van der Waals surface area contributed by atoms with Gasteiger partial charge < -0.3 is 0 Å². The van der Waals surface area contributed by atoms with E-state index in [0.29, 0.717) is 30.4 Å². The molecule has 1 aliphatic rings. The summed E-state index contributed by atoms with van der Waals surface area (Å²) in [4.78, 5) is 20.3. The lowest BCUT2D eigenvalue weighted by molar-refractivity contribution is -0.117. The van der Waals surface area contributed by atoms with E-state index in [9.17, 15) is 4.79 Å². The van der Waals surface area contributed by atoms with Gasteiger partial charge in [0.05, 0.1) is 5.02 Å². The van der Waals surface area contributed by atoms with Gasteiger partial charge in [-0.05, 0) is 30.0 Å². The van der Waals surface area contributed by atoms with Crippen LogP contribution in [0.3, 0.4) is 0 Å². The van der Waals surface area contributed by atoms with Crippen LogP contribution in [0.4, 0.5) is 5.82 Å². The summed E-state index contributed by atoms with van der Waals surface area (Å²) in [5.74, 6) is 0.666. The molecule has 94 valence electrons. The fraction of sp³-hybridized carbons (Fsp3) is 0.455. The number of aryl methyl sites for hydroxylation is 1. The maximum atomic E-state index is 11.9. The number of amides is 1. The molecule has 6 nitrogen and oxygen atoms in total. The van der Waals surface area contributed by atoms with Crippen LogP contribution in [-0.2, 0) is 4.79 Å². The SMILES string of the molecule is Cc1cc(N2CC(CN=[N+]=[N-])CC2=O)ncc1Cl. The summed E-state index contributed by atoms with van der Waals surface area (Å²) in [6, 6.07) is 1.79. The zero-order valence-electron chi connectivity index (χ0n) is 9.88. The molecule has 18 heavy (non-hydrogen) atoms. The predicted octanol–water partition coefficient (Wildman–Crippen LogP) is 2.71. The number of azide groups is 1. The highest BCUT2D eigenvalue weighted by atomic mass is 35.5. The highest BCUT2D eigenvalue weighted by molar-refractivity contribution is 6.31. The molecule has 0 N–H and O–H groups in total. The summed E-state index contributed by atoms with van der Waals surface area (Å²) in [6.07, 6.45) is 1.93. The van der Waals surface area contributed by atoms with Gasteiger partial charge in [-0.15, -0.1) is 0 Å². The van der Waals surface area contributed by atoms with Crippen LogP contribution in [0.25, 0.3) is 10.4 Å². The summed E-state index contributed by atoms with van der Waals surface area (Å²) in [5.41, 5.74) is 9.16. The molecule has 1 aliphatic heterocycles. The van der Waals surface area contributed by atoms with Crippen molar-refractivity contribution in [1.29, 1.82) is 0 Å². The molecule has 2 heterocycles. The first-order valence-corrected chi connectivity index (χ1v) is 5.93. The molecular formula is C11H12ClN5O. The number of hydrogen-bond acceptors (Lipinski definition) is 3. The van der Waals surface area contributed by atoms with E-state index in [1.54, 1.807) is 17.2 Å². The van der Waals surface area contributed by atoms with Crippen LogP contribution in [0.15, 0.2) is 17.4 Å². The number of rotatable bonds is 3. The van der Waals surface area contributed by atoms with Crippen molar-refractivity contribution in [3.8, 4) is 0 Å². The van der Waals surface area contributed by atoms with Crippen LogP contribution in [0.1, 0.15) is 12.0 Å². The lowest BCUT2D eigenvalue weighted by Crippen LogP contribution is -2.25. The third-order valence-electron chi connectivity index (χ3n) is 2.92. The molecule has 2 rings (SSSR count). The highest BCUT2D eigenvalue weighted by Crippen LogP contribution is 2.26. The van der Waals surface area contributed by atoms with Crippen molar-refractivity contribution in [3.63, 3.8) is 0 Å². The lowest BCUT2D eigenvalue weighted by atomic mass is 10.1. The van der Waals surface area contributed by atoms with Gasteiger partial charge in [0, 0.05) is 30.6 Å². The van der Waals surface area contributed by atoms with Crippen molar-refractivity contribution in [2.45, 2.75) is 13.3 Å². The van der Waals surface area contributed by atoms with Gasteiger partial charge in [-0.2, -0.15) is 0 Å². The minimum absolute atomic E-state index is 0.00219. The maximum Gasteiger partial charge on any atom is 0.228 e. The van der Waals surface area contributed by atoms with E-state index in [2.05, 4.69) is 15.0 Å². The van der Waals surface area contributed by atoms with E-state index in [1.807, 2.05) is 6.92 Å². The smallest absolute Gasteiger partial charge is 0.228 e. The standard InChI is InChI=1S/C11H12ClN5O/c1-7-2-10(14-5-9(7)12)17-6-8(3-11(17)18)4-15-16-13/h2,5,8H,3-4,6H2,1H3. The molecule has 1 aromatic rings. The number of anilines is 1. The van der Waals surface area contributed by atoms with Gasteiger partial charge in [0.1, 0.15) is 5.82 Å². The Balaban J connectivity index is 2.16. The average molecular weight is 266 g/mol. The lowest BCUT2D eigenvalue weighted by Gasteiger charge is -2.16. The Hall–Kier alpha value is -1.78. The first kappa shape index (κ1) is 12.7. The van der Waals surface area contributed by atoms with Gasteiger partial charge in [0.25, 0.3) is 0 Å². The van der Waals surface area contributed by atoms with E-state index >= 15 is 0 Å². The fourth-order valence-corrected chi connectivity index (χ4v) is 2.05. The Morgan fingerprint density at radius 3 is 3.17 bits per heavy atom. The first-order chi connectivity index (χ1) is 8.61. The molecule has 1 unspecified atom stereocenters. The van der Waals surface area contributed by atoms with Crippen LogP contribution in [0, 0.1) is 12.8 Å². The zero-order valence-corrected chi connectivity index (χ0v) is 10.6. The van der Waals surface area contributed by atoms with E-state index < -0.39 is 0 Å². The third kappa shape index (κ3) is 2.55. The Morgan fingerprint density at radius 1 is 1.72 bits per heavy atom. The number of hydrogen-bond donors (Lipinski definition) is 0. The minimum atomic E-state index is 0.00219. The van der Waals surface area contributed by atoms with E-state index in [0.717, 1.165) is 5.56 Å². The van der Waals surface area contributed by atoms with Gasteiger partial charge in [-0.25, -0.2) is 4.98 Å². The second-order valence-corrected chi connectivity index (χ2v) is 4.69. The Morgan fingerprint density at radius 2 is 2.50 bits per heavy atom. The summed E-state index contributed by atoms with van der Waals surface area (Å²) in [6.45, 7) is 2.74. The van der Waals surface area contributed by atoms with Gasteiger partial charge >= 0.3 is 0 Å². The highest BCUT2D eigenvalue weighted by Gasteiger charge is 2.30. The summed E-state index contributed by atoms with van der Waals surface area (Å²) >= 11 is 5.90. The fourth-order valence-electron chi connectivity index (χ4n) is 1.95. The molecule has 0 aromatic carbocycles. The van der Waals surface area contributed by atoms with Crippen molar-refractivity contribution in [2.24, 2.45) is 11.0 Å². The monoisotopic (exact) mass is 265 g/mol. The van der Waals surface area contributed by atoms with E-state index in [1.165, 1.54) is 0 Å². The summed E-state index contributed by atoms with van der Waals surface area (Å²) < 4.78 is 0. The average Bonchev–Trinajstić information content (AvgIpc) is 2.71. The number of halogens is 1. The van der Waals surface area contributed by atoms with E-state index in [-0.39, 0.29) is 11.8 Å².